The van der Waals surface area contributed by atoms with Gasteiger partial charge in [0.15, 0.2) is 16.3 Å². The summed E-state index contributed by atoms with van der Waals surface area (Å²) >= 11 is 1.16. The molecule has 0 bridgehead atoms. The van der Waals surface area contributed by atoms with E-state index in [-0.39, 0.29) is 23.3 Å². The number of methoxy groups -OCH3 is 2. The predicted molar refractivity (Wildman–Crippen MR) is 172 cm³/mol. The van der Waals surface area contributed by atoms with Crippen LogP contribution in [0.1, 0.15) is 40.2 Å². The molecular formula is C35H28N2O8S. The van der Waals surface area contributed by atoms with Gasteiger partial charge >= 0.3 is 11.9 Å². The Bertz CT molecular complexity index is 2180. The van der Waals surface area contributed by atoms with E-state index in [1.54, 1.807) is 55.5 Å². The first-order valence-electron chi connectivity index (χ1n) is 14.3. The highest BCUT2D eigenvalue weighted by atomic mass is 32.1. The molecule has 0 aliphatic carbocycles. The molecule has 0 fully saturated rings. The second kappa shape index (κ2) is 12.7. The average Bonchev–Trinajstić information content (AvgIpc) is 3.68. The lowest BCUT2D eigenvalue weighted by atomic mass is 9.93. The summed E-state index contributed by atoms with van der Waals surface area (Å²) in [5.41, 5.74) is 2.21. The Labute approximate surface area is 266 Å². The van der Waals surface area contributed by atoms with Gasteiger partial charge in [0.05, 0.1) is 48.2 Å². The number of fused-ring (bicyclic) bond motifs is 1. The van der Waals surface area contributed by atoms with Crippen LogP contribution in [0.15, 0.2) is 105 Å². The molecule has 0 unspecified atom stereocenters. The summed E-state index contributed by atoms with van der Waals surface area (Å²) in [4.78, 5) is 44.6. The second-order valence-electron chi connectivity index (χ2n) is 10.1. The maximum atomic E-state index is 14.2. The van der Waals surface area contributed by atoms with Crippen LogP contribution in [-0.4, -0.2) is 42.4 Å². The van der Waals surface area contributed by atoms with Crippen molar-refractivity contribution in [1.82, 2.24) is 4.57 Å². The molecular weight excluding hydrogens is 608 g/mol. The van der Waals surface area contributed by atoms with Crippen molar-refractivity contribution >= 4 is 35.0 Å². The van der Waals surface area contributed by atoms with Crippen LogP contribution >= 0.6 is 11.3 Å². The lowest BCUT2D eigenvalue weighted by molar-refractivity contribution is -0.138. The van der Waals surface area contributed by atoms with Gasteiger partial charge in [-0.2, -0.15) is 0 Å². The van der Waals surface area contributed by atoms with Crippen molar-refractivity contribution in [2.75, 3.05) is 20.8 Å². The number of thiazole rings is 1. The zero-order valence-corrected chi connectivity index (χ0v) is 25.9. The van der Waals surface area contributed by atoms with Crippen LogP contribution in [0.3, 0.4) is 0 Å². The highest BCUT2D eigenvalue weighted by molar-refractivity contribution is 7.07. The van der Waals surface area contributed by atoms with Gasteiger partial charge in [-0.1, -0.05) is 59.9 Å². The number of carboxylic acids is 1. The van der Waals surface area contributed by atoms with Crippen molar-refractivity contribution in [3.63, 3.8) is 0 Å². The van der Waals surface area contributed by atoms with Gasteiger partial charge in [-0.15, -0.1) is 0 Å². The third-order valence-electron chi connectivity index (χ3n) is 7.39. The van der Waals surface area contributed by atoms with Crippen LogP contribution in [0, 0.1) is 0 Å². The zero-order chi connectivity index (χ0) is 32.4. The lowest BCUT2D eigenvalue weighted by Crippen LogP contribution is -2.40. The standard InChI is InChI=1S/C35H28N2O8S/c1-4-44-34(41)29-30(20-9-6-5-7-10-20)36-35-37(31(29)22-13-15-26(42-2)27(18-22)43-3)32(38)28(46-35)19-24-14-16-25(45-24)21-11-8-12-23(17-21)33(39)40/h5-19,31H,4H2,1-3H3,(H,39,40)/b28-19-/t31-/m1/s1. The fourth-order valence-corrected chi connectivity index (χ4v) is 6.28. The van der Waals surface area contributed by atoms with Crippen molar-refractivity contribution in [1.29, 1.82) is 0 Å². The Kier molecular flexibility index (Phi) is 8.41. The molecule has 0 amide bonds. The molecule has 0 saturated heterocycles. The first-order valence-corrected chi connectivity index (χ1v) is 15.1. The molecule has 1 aliphatic heterocycles. The monoisotopic (exact) mass is 636 g/mol. The number of nitrogens with zero attached hydrogens (tertiary/aromatic N) is 2. The van der Waals surface area contributed by atoms with Crippen LogP contribution in [0.5, 0.6) is 11.5 Å². The first-order chi connectivity index (χ1) is 22.3. The molecule has 46 heavy (non-hydrogen) atoms. The highest BCUT2D eigenvalue weighted by Crippen LogP contribution is 2.38. The number of hydrogen-bond acceptors (Lipinski definition) is 9. The number of esters is 1. The first kappa shape index (κ1) is 30.4. The predicted octanol–water partition coefficient (Wildman–Crippen LogP) is 4.91. The molecule has 5 aromatic rings. The molecule has 0 spiro atoms. The fourth-order valence-electron chi connectivity index (χ4n) is 5.30. The largest absolute Gasteiger partial charge is 0.493 e. The molecule has 1 aliphatic rings. The molecule has 2 aromatic heterocycles. The van der Waals surface area contributed by atoms with E-state index in [1.165, 1.54) is 30.9 Å². The van der Waals surface area contributed by atoms with E-state index in [1.807, 2.05) is 30.3 Å². The van der Waals surface area contributed by atoms with Crippen molar-refractivity contribution < 1.29 is 33.3 Å². The third-order valence-corrected chi connectivity index (χ3v) is 8.37. The van der Waals surface area contributed by atoms with Crippen molar-refractivity contribution in [2.45, 2.75) is 13.0 Å². The van der Waals surface area contributed by atoms with Crippen molar-refractivity contribution in [3.8, 4) is 22.8 Å². The number of carbonyl (C=O) groups is 2. The molecule has 1 N–H and O–H groups in total. The van der Waals surface area contributed by atoms with Gasteiger partial charge in [-0.3, -0.25) is 9.36 Å². The minimum atomic E-state index is -1.05. The number of ether oxygens (including phenoxy) is 3. The van der Waals surface area contributed by atoms with Crippen LogP contribution in [0.4, 0.5) is 0 Å². The van der Waals surface area contributed by atoms with E-state index in [2.05, 4.69) is 0 Å². The molecule has 6 rings (SSSR count). The summed E-state index contributed by atoms with van der Waals surface area (Å²) in [6.07, 6.45) is 1.61. The van der Waals surface area contributed by atoms with Crippen LogP contribution in [0.25, 0.3) is 23.1 Å². The Morgan fingerprint density at radius 1 is 0.957 bits per heavy atom. The SMILES string of the molecule is CCOC(=O)C1=C(c2ccccc2)N=c2s/c(=C\c3ccc(-c4cccc(C(=O)O)c4)o3)c(=O)n2[C@@H]1c1ccc(OC)c(OC)c1. The summed E-state index contributed by atoms with van der Waals surface area (Å²) in [7, 11) is 3.04. The number of rotatable bonds is 9. The Morgan fingerprint density at radius 3 is 2.43 bits per heavy atom. The minimum absolute atomic E-state index is 0.129. The minimum Gasteiger partial charge on any atom is -0.493 e. The van der Waals surface area contributed by atoms with Gasteiger partial charge in [0.2, 0.25) is 0 Å². The van der Waals surface area contributed by atoms with Crippen molar-refractivity contribution in [3.05, 3.63) is 133 Å². The molecule has 0 radical (unpaired) electrons. The average molecular weight is 637 g/mol. The van der Waals surface area contributed by atoms with Gasteiger partial charge in [0.25, 0.3) is 5.56 Å². The second-order valence-corrected chi connectivity index (χ2v) is 11.1. The van der Waals surface area contributed by atoms with E-state index < -0.39 is 18.0 Å². The van der Waals surface area contributed by atoms with Crippen LogP contribution in [0.2, 0.25) is 0 Å². The van der Waals surface area contributed by atoms with E-state index in [4.69, 9.17) is 23.6 Å². The van der Waals surface area contributed by atoms with Crippen LogP contribution < -0.4 is 24.4 Å². The molecule has 3 heterocycles. The molecule has 232 valence electrons. The maximum Gasteiger partial charge on any atom is 0.338 e. The van der Waals surface area contributed by atoms with Crippen LogP contribution in [-0.2, 0) is 9.53 Å². The molecule has 3 aromatic carbocycles. The number of furan rings is 1. The molecule has 10 nitrogen and oxygen atoms in total. The van der Waals surface area contributed by atoms with Gasteiger partial charge in [-0.25, -0.2) is 14.6 Å². The zero-order valence-electron chi connectivity index (χ0n) is 25.1. The number of aromatic carboxylic acids is 1. The van der Waals surface area contributed by atoms with Gasteiger partial charge < -0.3 is 23.7 Å². The van der Waals surface area contributed by atoms with E-state index in [9.17, 15) is 19.5 Å². The molecule has 11 heteroatoms. The number of carboxylic acid groups (broad SMARTS) is 1. The maximum absolute atomic E-state index is 14.2. The Morgan fingerprint density at radius 2 is 1.72 bits per heavy atom. The van der Waals surface area contributed by atoms with Gasteiger partial charge in [0, 0.05) is 17.2 Å². The normalized spacial score (nSPS) is 14.4. The number of hydrogen-bond donors (Lipinski definition) is 1. The van der Waals surface area contributed by atoms with Crippen molar-refractivity contribution in [2.24, 2.45) is 4.99 Å². The van der Waals surface area contributed by atoms with E-state index >= 15 is 0 Å². The van der Waals surface area contributed by atoms with Gasteiger partial charge in [0.1, 0.15) is 11.5 Å². The fraction of sp³-hybridized carbons (Fsp3) is 0.143. The van der Waals surface area contributed by atoms with Gasteiger partial charge in [-0.05, 0) is 48.9 Å². The quantitative estimate of drug-likeness (QED) is 0.226. The number of benzene rings is 3. The topological polar surface area (TPSA) is 130 Å². The summed E-state index contributed by atoms with van der Waals surface area (Å²) < 4.78 is 24.3. The smallest absolute Gasteiger partial charge is 0.338 e. The number of aromatic nitrogens is 1. The number of carbonyl (C=O) groups excluding carboxylic acids is 1. The van der Waals surface area contributed by atoms with E-state index in [0.717, 1.165) is 11.3 Å². The summed E-state index contributed by atoms with van der Waals surface area (Å²) in [6, 6.07) is 23.4. The molecule has 1 atom stereocenters. The molecule has 0 saturated carbocycles. The Balaban J connectivity index is 1.56. The summed E-state index contributed by atoms with van der Waals surface area (Å²) in [5, 5.41) is 9.37. The summed E-state index contributed by atoms with van der Waals surface area (Å²) in [6.45, 7) is 1.85. The third kappa shape index (κ3) is 5.64. The highest BCUT2D eigenvalue weighted by Gasteiger charge is 2.35. The Hall–Kier alpha value is -5.68. The summed E-state index contributed by atoms with van der Waals surface area (Å²) in [5.74, 6) is 0.108. The lowest BCUT2D eigenvalue weighted by Gasteiger charge is -2.26. The van der Waals surface area contributed by atoms with E-state index in [0.29, 0.717) is 54.7 Å².